The van der Waals surface area contributed by atoms with Crippen molar-refractivity contribution in [2.75, 3.05) is 17.6 Å². The lowest BCUT2D eigenvalue weighted by Crippen LogP contribution is -2.39. The summed E-state index contributed by atoms with van der Waals surface area (Å²) in [5, 5.41) is 9.71. The van der Waals surface area contributed by atoms with Gasteiger partial charge in [-0.2, -0.15) is 0 Å². The third-order valence-corrected chi connectivity index (χ3v) is 2.16. The van der Waals surface area contributed by atoms with Crippen LogP contribution in [0, 0.1) is 5.92 Å². The van der Waals surface area contributed by atoms with Crippen LogP contribution in [0.2, 0.25) is 0 Å². The van der Waals surface area contributed by atoms with Gasteiger partial charge in [-0.1, -0.05) is 10.2 Å². The van der Waals surface area contributed by atoms with Gasteiger partial charge in [0.15, 0.2) is 0 Å². The second kappa shape index (κ2) is 3.07. The van der Waals surface area contributed by atoms with Crippen LogP contribution in [0.15, 0.2) is 4.42 Å². The van der Waals surface area contributed by atoms with Gasteiger partial charge >= 0.3 is 12.0 Å². The highest BCUT2D eigenvalue weighted by atomic mass is 19.3. The molecule has 3 N–H and O–H groups in total. The Labute approximate surface area is 78.7 Å². The third kappa shape index (κ3) is 1.91. The Kier molecular flexibility index (Phi) is 2.01. The quantitative estimate of drug-likeness (QED) is 0.771. The van der Waals surface area contributed by atoms with E-state index in [2.05, 4.69) is 15.5 Å². The minimum atomic E-state index is -2.49. The summed E-state index contributed by atoms with van der Waals surface area (Å²) < 4.78 is 29.6. The van der Waals surface area contributed by atoms with Gasteiger partial charge in [-0.25, -0.2) is 8.78 Å². The van der Waals surface area contributed by atoms with Crippen LogP contribution in [0.4, 0.5) is 20.8 Å². The van der Waals surface area contributed by atoms with Gasteiger partial charge in [0.2, 0.25) is 5.92 Å². The maximum Gasteiger partial charge on any atom is 0.316 e. The maximum absolute atomic E-state index is 12.4. The molecular formula is C7H10F2N4O. The molecule has 0 saturated heterocycles. The molecule has 0 aromatic carbocycles. The SMILES string of the molecule is Nc1nnc(NCC2CC(F)(F)C2)o1. The van der Waals surface area contributed by atoms with Crippen molar-refractivity contribution in [1.29, 1.82) is 0 Å². The smallest absolute Gasteiger partial charge is 0.316 e. The second-order valence-electron chi connectivity index (χ2n) is 3.46. The molecule has 1 aliphatic carbocycles. The van der Waals surface area contributed by atoms with E-state index in [1.807, 2.05) is 0 Å². The molecule has 0 radical (unpaired) electrons. The third-order valence-electron chi connectivity index (χ3n) is 2.16. The number of nitrogen functional groups attached to an aromatic ring is 1. The Bertz CT molecular complexity index is 319. The number of nitrogens with one attached hydrogen (secondary N) is 1. The fourth-order valence-electron chi connectivity index (χ4n) is 1.47. The van der Waals surface area contributed by atoms with Crippen molar-refractivity contribution in [1.82, 2.24) is 10.2 Å². The molecule has 2 rings (SSSR count). The van der Waals surface area contributed by atoms with Gasteiger partial charge in [-0.05, 0) is 5.92 Å². The predicted molar refractivity (Wildman–Crippen MR) is 44.9 cm³/mol. The van der Waals surface area contributed by atoms with Gasteiger partial charge in [0.1, 0.15) is 0 Å². The topological polar surface area (TPSA) is 77.0 Å². The number of alkyl halides is 2. The van der Waals surface area contributed by atoms with Crippen molar-refractivity contribution >= 4 is 12.0 Å². The molecule has 5 nitrogen and oxygen atoms in total. The Balaban J connectivity index is 1.74. The van der Waals surface area contributed by atoms with E-state index in [4.69, 9.17) is 10.2 Å². The lowest BCUT2D eigenvalue weighted by molar-refractivity contribution is -0.106. The predicted octanol–water partition coefficient (Wildman–Crippen LogP) is 1.11. The first kappa shape index (κ1) is 9.17. The highest BCUT2D eigenvalue weighted by Crippen LogP contribution is 2.42. The lowest BCUT2D eigenvalue weighted by Gasteiger charge is -2.34. The first-order chi connectivity index (χ1) is 6.55. The fourth-order valence-corrected chi connectivity index (χ4v) is 1.47. The zero-order valence-corrected chi connectivity index (χ0v) is 7.33. The highest BCUT2D eigenvalue weighted by molar-refractivity contribution is 5.22. The zero-order chi connectivity index (χ0) is 10.2. The molecule has 0 unspecified atom stereocenters. The lowest BCUT2D eigenvalue weighted by atomic mass is 9.81. The van der Waals surface area contributed by atoms with Crippen LogP contribution in [-0.2, 0) is 0 Å². The van der Waals surface area contributed by atoms with Gasteiger partial charge in [0.05, 0.1) is 0 Å². The van der Waals surface area contributed by atoms with Crippen molar-refractivity contribution in [3.05, 3.63) is 0 Å². The summed E-state index contributed by atoms with van der Waals surface area (Å²) >= 11 is 0. The zero-order valence-electron chi connectivity index (χ0n) is 7.33. The number of anilines is 2. The number of rotatable bonds is 3. The number of nitrogens with zero attached hydrogens (tertiary/aromatic N) is 2. The van der Waals surface area contributed by atoms with E-state index in [9.17, 15) is 8.78 Å². The molecule has 1 aromatic heterocycles. The molecule has 1 heterocycles. The van der Waals surface area contributed by atoms with Gasteiger partial charge < -0.3 is 15.5 Å². The molecule has 0 bridgehead atoms. The molecule has 0 amide bonds. The fraction of sp³-hybridized carbons (Fsp3) is 0.714. The van der Waals surface area contributed by atoms with Crippen LogP contribution in [0.1, 0.15) is 12.8 Å². The van der Waals surface area contributed by atoms with Crippen molar-refractivity contribution in [3.8, 4) is 0 Å². The van der Waals surface area contributed by atoms with Crippen LogP contribution in [0.5, 0.6) is 0 Å². The monoisotopic (exact) mass is 204 g/mol. The van der Waals surface area contributed by atoms with Crippen molar-refractivity contribution < 1.29 is 13.2 Å². The largest absolute Gasteiger partial charge is 0.390 e. The average molecular weight is 204 g/mol. The molecule has 0 atom stereocenters. The molecule has 0 spiro atoms. The summed E-state index contributed by atoms with van der Waals surface area (Å²) in [5.74, 6) is -2.52. The number of halogens is 2. The van der Waals surface area contributed by atoms with Gasteiger partial charge in [0.25, 0.3) is 0 Å². The molecule has 7 heteroatoms. The Morgan fingerprint density at radius 1 is 1.50 bits per heavy atom. The normalized spacial score (nSPS) is 20.4. The number of hydrogen-bond donors (Lipinski definition) is 2. The molecule has 1 fully saturated rings. The summed E-state index contributed by atoms with van der Waals surface area (Å²) in [6, 6.07) is 0.143. The van der Waals surface area contributed by atoms with Crippen LogP contribution >= 0.6 is 0 Å². The maximum atomic E-state index is 12.4. The number of aromatic nitrogens is 2. The van der Waals surface area contributed by atoms with Crippen molar-refractivity contribution in [2.24, 2.45) is 5.92 Å². The minimum Gasteiger partial charge on any atom is -0.390 e. The number of nitrogens with two attached hydrogens (primary N) is 1. The second-order valence-corrected chi connectivity index (χ2v) is 3.46. The molecule has 1 saturated carbocycles. The summed E-state index contributed by atoms with van der Waals surface area (Å²) in [6.07, 6.45) is -0.159. The molecule has 1 aliphatic rings. The molecule has 1 aromatic rings. The summed E-state index contributed by atoms with van der Waals surface area (Å²) in [6.45, 7) is 0.414. The van der Waals surface area contributed by atoms with E-state index in [1.165, 1.54) is 0 Å². The standard InChI is InChI=1S/C7H10F2N4O/c8-7(9)1-4(2-7)3-11-6-13-12-5(10)14-6/h4H,1-3H2,(H2,10,12)(H,11,13). The van der Waals surface area contributed by atoms with E-state index >= 15 is 0 Å². The first-order valence-electron chi connectivity index (χ1n) is 4.26. The van der Waals surface area contributed by atoms with Gasteiger partial charge in [-0.3, -0.25) is 0 Å². The van der Waals surface area contributed by atoms with Crippen LogP contribution in [0.25, 0.3) is 0 Å². The van der Waals surface area contributed by atoms with E-state index in [-0.39, 0.29) is 30.8 Å². The van der Waals surface area contributed by atoms with Crippen LogP contribution in [0.3, 0.4) is 0 Å². The summed E-state index contributed by atoms with van der Waals surface area (Å²) in [4.78, 5) is 0. The van der Waals surface area contributed by atoms with E-state index in [1.54, 1.807) is 0 Å². The van der Waals surface area contributed by atoms with Crippen molar-refractivity contribution in [3.63, 3.8) is 0 Å². The average Bonchev–Trinajstić information content (AvgIpc) is 2.44. The van der Waals surface area contributed by atoms with Crippen molar-refractivity contribution in [2.45, 2.75) is 18.8 Å². The highest BCUT2D eigenvalue weighted by Gasteiger charge is 2.44. The van der Waals surface area contributed by atoms with Gasteiger partial charge in [0, 0.05) is 19.4 Å². The molecule has 0 aliphatic heterocycles. The summed E-state index contributed by atoms with van der Waals surface area (Å²) in [7, 11) is 0. The Morgan fingerprint density at radius 2 is 2.21 bits per heavy atom. The number of hydrogen-bond acceptors (Lipinski definition) is 5. The molecular weight excluding hydrogens is 194 g/mol. The van der Waals surface area contributed by atoms with Crippen LogP contribution in [-0.4, -0.2) is 22.7 Å². The van der Waals surface area contributed by atoms with E-state index < -0.39 is 5.92 Å². The molecule has 14 heavy (non-hydrogen) atoms. The summed E-state index contributed by atoms with van der Waals surface area (Å²) in [5.41, 5.74) is 5.17. The van der Waals surface area contributed by atoms with Crippen LogP contribution < -0.4 is 11.1 Å². The molecule has 78 valence electrons. The minimum absolute atomic E-state index is 0.0295. The first-order valence-corrected chi connectivity index (χ1v) is 4.26. The Hall–Kier alpha value is -1.40. The van der Waals surface area contributed by atoms with E-state index in [0.717, 1.165) is 0 Å². The van der Waals surface area contributed by atoms with E-state index in [0.29, 0.717) is 6.54 Å². The Morgan fingerprint density at radius 3 is 2.71 bits per heavy atom. The van der Waals surface area contributed by atoms with Gasteiger partial charge in [-0.15, -0.1) is 0 Å².